The van der Waals surface area contributed by atoms with Gasteiger partial charge in [-0.2, -0.15) is 5.10 Å². The minimum absolute atomic E-state index is 0.655. The van der Waals surface area contributed by atoms with E-state index in [1.165, 1.54) is 11.3 Å². The van der Waals surface area contributed by atoms with E-state index in [4.69, 9.17) is 9.73 Å². The molecule has 0 atom stereocenters. The minimum atomic E-state index is 0.655. The van der Waals surface area contributed by atoms with Crippen molar-refractivity contribution in [3.63, 3.8) is 0 Å². The van der Waals surface area contributed by atoms with E-state index >= 15 is 0 Å². The van der Waals surface area contributed by atoms with Gasteiger partial charge in [0.1, 0.15) is 0 Å². The van der Waals surface area contributed by atoms with Crippen molar-refractivity contribution >= 4 is 11.6 Å². The van der Waals surface area contributed by atoms with Gasteiger partial charge in [0.25, 0.3) is 0 Å². The fourth-order valence-corrected chi connectivity index (χ4v) is 3.14. The second kappa shape index (κ2) is 10.6. The SMILES string of the molecule is CCNC(=NCc1ccccc1N1CCOCC1)NCCCn1cccn1. The molecule has 146 valence electrons. The lowest BCUT2D eigenvalue weighted by Gasteiger charge is -2.30. The van der Waals surface area contributed by atoms with Gasteiger partial charge in [-0.1, -0.05) is 18.2 Å². The summed E-state index contributed by atoms with van der Waals surface area (Å²) in [5, 5.41) is 11.0. The van der Waals surface area contributed by atoms with E-state index < -0.39 is 0 Å². The van der Waals surface area contributed by atoms with Gasteiger partial charge in [-0.15, -0.1) is 0 Å². The number of aliphatic imine (C=N–C) groups is 1. The van der Waals surface area contributed by atoms with Gasteiger partial charge in [0.05, 0.1) is 19.8 Å². The third-order valence-electron chi connectivity index (χ3n) is 4.51. The van der Waals surface area contributed by atoms with Crippen LogP contribution in [0.5, 0.6) is 0 Å². The first-order valence-electron chi connectivity index (χ1n) is 9.77. The summed E-state index contributed by atoms with van der Waals surface area (Å²) in [4.78, 5) is 7.18. The van der Waals surface area contributed by atoms with Crippen molar-refractivity contribution in [1.29, 1.82) is 0 Å². The van der Waals surface area contributed by atoms with Gasteiger partial charge >= 0.3 is 0 Å². The predicted molar refractivity (Wildman–Crippen MR) is 109 cm³/mol. The molecule has 1 aromatic carbocycles. The lowest BCUT2D eigenvalue weighted by Crippen LogP contribution is -2.38. The quantitative estimate of drug-likeness (QED) is 0.422. The normalized spacial score (nSPS) is 15.0. The summed E-state index contributed by atoms with van der Waals surface area (Å²) in [5.74, 6) is 0.856. The number of morpholine rings is 1. The van der Waals surface area contributed by atoms with Crippen molar-refractivity contribution < 1.29 is 4.74 Å². The van der Waals surface area contributed by atoms with Crippen LogP contribution in [0.15, 0.2) is 47.7 Å². The van der Waals surface area contributed by atoms with E-state index in [9.17, 15) is 0 Å². The molecule has 0 bridgehead atoms. The first-order valence-corrected chi connectivity index (χ1v) is 9.77. The Kier molecular flexibility index (Phi) is 7.53. The highest BCUT2D eigenvalue weighted by Crippen LogP contribution is 2.22. The summed E-state index contributed by atoms with van der Waals surface area (Å²) in [6, 6.07) is 10.5. The second-order valence-electron chi connectivity index (χ2n) is 6.47. The number of anilines is 1. The average Bonchev–Trinajstić information content (AvgIpc) is 3.24. The van der Waals surface area contributed by atoms with Gasteiger partial charge in [0.2, 0.25) is 0 Å². The molecule has 0 aliphatic carbocycles. The molecule has 0 saturated carbocycles. The van der Waals surface area contributed by atoms with Crippen molar-refractivity contribution in [1.82, 2.24) is 20.4 Å². The number of hydrogen-bond donors (Lipinski definition) is 2. The van der Waals surface area contributed by atoms with Crippen molar-refractivity contribution in [2.45, 2.75) is 26.4 Å². The maximum atomic E-state index is 5.48. The Morgan fingerprint density at radius 3 is 2.81 bits per heavy atom. The number of aromatic nitrogens is 2. The standard InChI is InChI=1S/C20H30N6O/c1-2-21-20(22-9-5-11-26-12-6-10-24-26)23-17-18-7-3-4-8-19(18)25-13-15-27-16-14-25/h3-4,6-8,10,12H,2,5,9,11,13-17H2,1H3,(H2,21,22,23). The molecule has 0 amide bonds. The number of guanidine groups is 1. The maximum absolute atomic E-state index is 5.48. The van der Waals surface area contributed by atoms with E-state index in [2.05, 4.69) is 51.8 Å². The van der Waals surface area contributed by atoms with Crippen LogP contribution in [0.4, 0.5) is 5.69 Å². The largest absolute Gasteiger partial charge is 0.378 e. The number of hydrogen-bond acceptors (Lipinski definition) is 4. The lowest BCUT2D eigenvalue weighted by molar-refractivity contribution is 0.122. The van der Waals surface area contributed by atoms with Gasteiger partial charge in [-0.05, 0) is 31.0 Å². The van der Waals surface area contributed by atoms with Crippen molar-refractivity contribution in [2.75, 3.05) is 44.3 Å². The molecule has 7 nitrogen and oxygen atoms in total. The molecule has 1 aromatic heterocycles. The highest BCUT2D eigenvalue weighted by atomic mass is 16.5. The number of ether oxygens (including phenoxy) is 1. The van der Waals surface area contributed by atoms with Crippen LogP contribution >= 0.6 is 0 Å². The fourth-order valence-electron chi connectivity index (χ4n) is 3.14. The topological polar surface area (TPSA) is 66.7 Å². The van der Waals surface area contributed by atoms with Gasteiger partial charge < -0.3 is 20.3 Å². The molecule has 7 heteroatoms. The van der Waals surface area contributed by atoms with Crippen molar-refractivity contribution in [3.05, 3.63) is 48.3 Å². The Bertz CT molecular complexity index is 694. The van der Waals surface area contributed by atoms with Crippen LogP contribution in [0.2, 0.25) is 0 Å². The molecule has 2 heterocycles. The smallest absolute Gasteiger partial charge is 0.191 e. The van der Waals surface area contributed by atoms with Gasteiger partial charge in [0, 0.05) is 50.8 Å². The van der Waals surface area contributed by atoms with Crippen LogP contribution in [0, 0.1) is 0 Å². The second-order valence-corrected chi connectivity index (χ2v) is 6.47. The van der Waals surface area contributed by atoms with E-state index in [0.29, 0.717) is 6.54 Å². The molecule has 1 fully saturated rings. The molecule has 27 heavy (non-hydrogen) atoms. The van der Waals surface area contributed by atoms with Crippen LogP contribution in [0.25, 0.3) is 0 Å². The van der Waals surface area contributed by atoms with Crippen molar-refractivity contribution in [2.24, 2.45) is 4.99 Å². The number of rotatable bonds is 8. The van der Waals surface area contributed by atoms with Crippen LogP contribution in [0.1, 0.15) is 18.9 Å². The number of para-hydroxylation sites is 1. The van der Waals surface area contributed by atoms with E-state index in [-0.39, 0.29) is 0 Å². The molecule has 0 radical (unpaired) electrons. The molecule has 2 aromatic rings. The Labute approximate surface area is 161 Å². The highest BCUT2D eigenvalue weighted by Gasteiger charge is 2.14. The molecule has 2 N–H and O–H groups in total. The zero-order chi connectivity index (χ0) is 18.7. The Hall–Kier alpha value is -2.54. The monoisotopic (exact) mass is 370 g/mol. The average molecular weight is 371 g/mol. The van der Waals surface area contributed by atoms with E-state index in [1.807, 2.05) is 23.1 Å². The first-order chi connectivity index (χ1) is 13.4. The molecular weight excluding hydrogens is 340 g/mol. The molecule has 3 rings (SSSR count). The Morgan fingerprint density at radius 2 is 2.04 bits per heavy atom. The highest BCUT2D eigenvalue weighted by molar-refractivity contribution is 5.79. The Morgan fingerprint density at radius 1 is 1.19 bits per heavy atom. The number of aryl methyl sites for hydroxylation is 1. The fraction of sp³-hybridized carbons (Fsp3) is 0.500. The van der Waals surface area contributed by atoms with E-state index in [0.717, 1.165) is 58.3 Å². The summed E-state index contributed by atoms with van der Waals surface area (Å²) in [6.45, 7) is 8.80. The predicted octanol–water partition coefficient (Wildman–Crippen LogP) is 1.87. The van der Waals surface area contributed by atoms with Gasteiger partial charge in [-0.3, -0.25) is 4.68 Å². The van der Waals surface area contributed by atoms with Crippen LogP contribution in [-0.4, -0.2) is 55.1 Å². The summed E-state index contributed by atoms with van der Waals surface area (Å²) in [5.41, 5.74) is 2.51. The van der Waals surface area contributed by atoms with Crippen LogP contribution in [0.3, 0.4) is 0 Å². The molecule has 1 aliphatic rings. The molecular formula is C20H30N6O. The lowest BCUT2D eigenvalue weighted by atomic mass is 10.1. The summed E-state index contributed by atoms with van der Waals surface area (Å²) in [6.07, 6.45) is 4.79. The van der Waals surface area contributed by atoms with Crippen LogP contribution < -0.4 is 15.5 Å². The van der Waals surface area contributed by atoms with Crippen LogP contribution in [-0.2, 0) is 17.8 Å². The number of nitrogens with zero attached hydrogens (tertiary/aromatic N) is 4. The molecule has 0 unspecified atom stereocenters. The first kappa shape index (κ1) is 19.2. The van der Waals surface area contributed by atoms with Gasteiger partial charge in [0.15, 0.2) is 5.96 Å². The number of nitrogens with one attached hydrogen (secondary N) is 2. The van der Waals surface area contributed by atoms with Gasteiger partial charge in [-0.25, -0.2) is 4.99 Å². The molecule has 1 aliphatic heterocycles. The Balaban J connectivity index is 1.56. The molecule has 1 saturated heterocycles. The summed E-state index contributed by atoms with van der Waals surface area (Å²) < 4.78 is 7.43. The summed E-state index contributed by atoms with van der Waals surface area (Å²) >= 11 is 0. The third-order valence-corrected chi connectivity index (χ3v) is 4.51. The zero-order valence-electron chi connectivity index (χ0n) is 16.1. The minimum Gasteiger partial charge on any atom is -0.378 e. The third kappa shape index (κ3) is 5.99. The van der Waals surface area contributed by atoms with Crippen molar-refractivity contribution in [3.8, 4) is 0 Å². The number of benzene rings is 1. The van der Waals surface area contributed by atoms with E-state index in [1.54, 1.807) is 0 Å². The molecule has 0 spiro atoms. The zero-order valence-corrected chi connectivity index (χ0v) is 16.1. The summed E-state index contributed by atoms with van der Waals surface area (Å²) in [7, 11) is 0. The maximum Gasteiger partial charge on any atom is 0.191 e.